The lowest BCUT2D eigenvalue weighted by atomic mass is 10.00. The lowest BCUT2D eigenvalue weighted by Gasteiger charge is -2.11. The Morgan fingerprint density at radius 3 is 2.47 bits per heavy atom. The maximum absolute atomic E-state index is 11.8. The molecule has 0 aliphatic rings. The van der Waals surface area contributed by atoms with Crippen LogP contribution in [0.2, 0.25) is 0 Å². The highest BCUT2D eigenvalue weighted by Gasteiger charge is 2.27. The number of Topliss-reactive ketones (excluding diaryl/α,β-unsaturated/α-hetero) is 1. The van der Waals surface area contributed by atoms with E-state index in [1.54, 1.807) is 13.0 Å². The van der Waals surface area contributed by atoms with E-state index < -0.39 is 11.9 Å². The molecule has 1 aromatic rings. The average Bonchev–Trinajstić information content (AvgIpc) is 2.55. The normalized spacial score (nSPS) is 12.2. The number of carbonyl (C=O) groups excluding carboxylic acids is 2. The Bertz CT molecular complexity index is 398. The summed E-state index contributed by atoms with van der Waals surface area (Å²) in [5.41, 5.74) is 0.970. The number of ether oxygens (including phenoxy) is 1. The van der Waals surface area contributed by atoms with Crippen molar-refractivity contribution in [3.8, 4) is 0 Å². The fourth-order valence-electron chi connectivity index (χ4n) is 1.60. The van der Waals surface area contributed by atoms with E-state index in [9.17, 15) is 9.59 Å². The molecule has 0 unspecified atom stereocenters. The van der Waals surface area contributed by atoms with Crippen LogP contribution < -0.4 is 0 Å². The third-order valence-electron chi connectivity index (χ3n) is 2.59. The first-order valence-corrected chi connectivity index (χ1v) is 5.68. The summed E-state index contributed by atoms with van der Waals surface area (Å²) in [6, 6.07) is 1.79. The van der Waals surface area contributed by atoms with E-state index in [0.717, 1.165) is 11.3 Å². The largest absolute Gasteiger partial charge is 0.465 e. The molecule has 1 rings (SSSR count). The fraction of sp³-hybridized carbons (Fsp3) is 0.538. The van der Waals surface area contributed by atoms with Crippen LogP contribution in [-0.4, -0.2) is 18.4 Å². The van der Waals surface area contributed by atoms with Crippen molar-refractivity contribution in [2.75, 3.05) is 6.61 Å². The quantitative estimate of drug-likeness (QED) is 0.739. The van der Waals surface area contributed by atoms with Gasteiger partial charge in [-0.25, -0.2) is 0 Å². The third kappa shape index (κ3) is 3.44. The van der Waals surface area contributed by atoms with Crippen LogP contribution in [0.1, 0.15) is 43.3 Å². The molecular formula is C13H18O4. The van der Waals surface area contributed by atoms with Gasteiger partial charge in [0.2, 0.25) is 0 Å². The van der Waals surface area contributed by atoms with Gasteiger partial charge in [-0.15, -0.1) is 0 Å². The molecule has 4 heteroatoms. The maximum atomic E-state index is 11.8. The standard InChI is InChI=1S/C13H18O4/c1-5-16-13(15)11(7-9(3)14)12-6-8(2)10(4)17-12/h6,11H,5,7H2,1-4H3/t11-/m0/s1. The second-order valence-corrected chi connectivity index (χ2v) is 4.10. The first-order valence-electron chi connectivity index (χ1n) is 5.68. The zero-order valence-electron chi connectivity index (χ0n) is 10.7. The molecule has 1 heterocycles. The van der Waals surface area contributed by atoms with Gasteiger partial charge in [0.05, 0.1) is 6.61 Å². The Kier molecular flexibility index (Phi) is 4.49. The molecule has 0 saturated heterocycles. The summed E-state index contributed by atoms with van der Waals surface area (Å²) in [5.74, 6) is 0.178. The van der Waals surface area contributed by atoms with E-state index in [1.807, 2.05) is 13.8 Å². The lowest BCUT2D eigenvalue weighted by Crippen LogP contribution is -2.18. The van der Waals surface area contributed by atoms with Crippen molar-refractivity contribution >= 4 is 11.8 Å². The Morgan fingerprint density at radius 1 is 1.41 bits per heavy atom. The monoisotopic (exact) mass is 238 g/mol. The van der Waals surface area contributed by atoms with Crippen LogP contribution in [0.5, 0.6) is 0 Å². The van der Waals surface area contributed by atoms with E-state index in [0.29, 0.717) is 12.4 Å². The molecule has 0 aromatic carbocycles. The Labute approximate surface area is 101 Å². The van der Waals surface area contributed by atoms with Gasteiger partial charge in [0.1, 0.15) is 23.2 Å². The SMILES string of the molecule is CCOC(=O)[C@@H](CC(C)=O)c1cc(C)c(C)o1. The summed E-state index contributed by atoms with van der Waals surface area (Å²) >= 11 is 0. The zero-order valence-corrected chi connectivity index (χ0v) is 10.7. The number of carbonyl (C=O) groups is 2. The summed E-state index contributed by atoms with van der Waals surface area (Å²) in [4.78, 5) is 22.9. The second-order valence-electron chi connectivity index (χ2n) is 4.10. The Hall–Kier alpha value is -1.58. The molecule has 17 heavy (non-hydrogen) atoms. The first kappa shape index (κ1) is 13.5. The van der Waals surface area contributed by atoms with Crippen LogP contribution in [0.25, 0.3) is 0 Å². The van der Waals surface area contributed by atoms with Crippen LogP contribution >= 0.6 is 0 Å². The smallest absolute Gasteiger partial charge is 0.317 e. The molecule has 4 nitrogen and oxygen atoms in total. The molecule has 0 bridgehead atoms. The molecule has 0 N–H and O–H groups in total. The molecule has 0 radical (unpaired) electrons. The third-order valence-corrected chi connectivity index (χ3v) is 2.59. The minimum Gasteiger partial charge on any atom is -0.465 e. The number of hydrogen-bond donors (Lipinski definition) is 0. The van der Waals surface area contributed by atoms with Gasteiger partial charge in [-0.1, -0.05) is 0 Å². The first-order chi connectivity index (χ1) is 7.95. The van der Waals surface area contributed by atoms with Crippen LogP contribution in [-0.2, 0) is 14.3 Å². The van der Waals surface area contributed by atoms with Crippen LogP contribution in [0, 0.1) is 13.8 Å². The Balaban J connectivity index is 2.96. The van der Waals surface area contributed by atoms with Crippen molar-refractivity contribution in [1.82, 2.24) is 0 Å². The minimum atomic E-state index is -0.625. The zero-order chi connectivity index (χ0) is 13.0. The van der Waals surface area contributed by atoms with Crippen molar-refractivity contribution in [2.45, 2.75) is 40.0 Å². The van der Waals surface area contributed by atoms with Gasteiger partial charge in [0.15, 0.2) is 0 Å². The highest BCUT2D eigenvalue weighted by Crippen LogP contribution is 2.26. The number of furan rings is 1. The maximum Gasteiger partial charge on any atom is 0.317 e. The predicted molar refractivity (Wildman–Crippen MR) is 62.9 cm³/mol. The molecule has 0 aliphatic heterocycles. The summed E-state index contributed by atoms with van der Waals surface area (Å²) < 4.78 is 10.4. The van der Waals surface area contributed by atoms with Crippen LogP contribution in [0.3, 0.4) is 0 Å². The van der Waals surface area contributed by atoms with Crippen molar-refractivity contribution in [1.29, 1.82) is 0 Å². The van der Waals surface area contributed by atoms with Gasteiger partial charge in [-0.2, -0.15) is 0 Å². The van der Waals surface area contributed by atoms with Gasteiger partial charge in [0.25, 0.3) is 0 Å². The molecule has 0 saturated carbocycles. The average molecular weight is 238 g/mol. The molecule has 1 atom stereocenters. The van der Waals surface area contributed by atoms with Crippen molar-refractivity contribution < 1.29 is 18.7 Å². The number of esters is 1. The van der Waals surface area contributed by atoms with E-state index >= 15 is 0 Å². The fourth-order valence-corrected chi connectivity index (χ4v) is 1.60. The number of hydrogen-bond acceptors (Lipinski definition) is 4. The lowest BCUT2D eigenvalue weighted by molar-refractivity contribution is -0.146. The second kappa shape index (κ2) is 5.66. The highest BCUT2D eigenvalue weighted by molar-refractivity contribution is 5.86. The topological polar surface area (TPSA) is 56.5 Å². The molecular weight excluding hydrogens is 220 g/mol. The van der Waals surface area contributed by atoms with Gasteiger partial charge in [0, 0.05) is 6.42 Å². The van der Waals surface area contributed by atoms with Gasteiger partial charge in [-0.05, 0) is 39.3 Å². The molecule has 1 aromatic heterocycles. The van der Waals surface area contributed by atoms with E-state index in [2.05, 4.69) is 0 Å². The van der Waals surface area contributed by atoms with E-state index in [1.165, 1.54) is 6.92 Å². The summed E-state index contributed by atoms with van der Waals surface area (Å²) in [7, 11) is 0. The van der Waals surface area contributed by atoms with E-state index in [4.69, 9.17) is 9.15 Å². The molecule has 0 spiro atoms. The number of rotatable bonds is 5. The van der Waals surface area contributed by atoms with Crippen LogP contribution in [0.15, 0.2) is 10.5 Å². The molecule has 0 amide bonds. The highest BCUT2D eigenvalue weighted by atomic mass is 16.5. The minimum absolute atomic E-state index is 0.0604. The molecule has 94 valence electrons. The summed E-state index contributed by atoms with van der Waals surface area (Å²) in [6.45, 7) is 7.22. The van der Waals surface area contributed by atoms with Gasteiger partial charge >= 0.3 is 5.97 Å². The molecule has 0 aliphatic carbocycles. The van der Waals surface area contributed by atoms with Gasteiger partial charge < -0.3 is 9.15 Å². The number of ketones is 1. The summed E-state index contributed by atoms with van der Waals surface area (Å²) in [6.07, 6.45) is 0.116. The molecule has 0 fully saturated rings. The number of aryl methyl sites for hydroxylation is 2. The van der Waals surface area contributed by atoms with Crippen molar-refractivity contribution in [3.05, 3.63) is 23.2 Å². The van der Waals surface area contributed by atoms with E-state index in [-0.39, 0.29) is 12.2 Å². The van der Waals surface area contributed by atoms with Crippen LogP contribution in [0.4, 0.5) is 0 Å². The van der Waals surface area contributed by atoms with Crippen molar-refractivity contribution in [3.63, 3.8) is 0 Å². The van der Waals surface area contributed by atoms with Crippen molar-refractivity contribution in [2.24, 2.45) is 0 Å². The summed E-state index contributed by atoms with van der Waals surface area (Å²) in [5, 5.41) is 0. The Morgan fingerprint density at radius 2 is 2.06 bits per heavy atom. The van der Waals surface area contributed by atoms with Gasteiger partial charge in [-0.3, -0.25) is 9.59 Å². The predicted octanol–water partition coefficient (Wildman–Crippen LogP) is 2.52.